The fourth-order valence-corrected chi connectivity index (χ4v) is 2.28. The molecule has 1 aliphatic carbocycles. The number of carbonyl (C=O) groups is 1. The van der Waals surface area contributed by atoms with E-state index >= 15 is 0 Å². The van der Waals surface area contributed by atoms with Crippen molar-refractivity contribution in [2.45, 2.75) is 18.8 Å². The summed E-state index contributed by atoms with van der Waals surface area (Å²) < 4.78 is 5.23. The van der Waals surface area contributed by atoms with Gasteiger partial charge in [-0.1, -0.05) is 17.7 Å². The predicted octanol–water partition coefficient (Wildman–Crippen LogP) is 2.58. The summed E-state index contributed by atoms with van der Waals surface area (Å²) in [5.41, 5.74) is 2.17. The molecule has 2 rings (SSSR count). The van der Waals surface area contributed by atoms with E-state index in [9.17, 15) is 4.79 Å². The average molecular weight is 211 g/mol. The van der Waals surface area contributed by atoms with Gasteiger partial charge in [-0.25, -0.2) is 0 Å². The monoisotopic (exact) mass is 210 g/mol. The van der Waals surface area contributed by atoms with Crippen molar-refractivity contribution in [2.75, 3.05) is 7.11 Å². The molecule has 0 N–H and O–H groups in total. The van der Waals surface area contributed by atoms with Gasteiger partial charge in [0.15, 0.2) is 0 Å². The number of methoxy groups -OCH3 is 1. The van der Waals surface area contributed by atoms with Gasteiger partial charge in [0.05, 0.1) is 12.1 Å². The summed E-state index contributed by atoms with van der Waals surface area (Å²) in [6, 6.07) is 3.80. The second-order valence-corrected chi connectivity index (χ2v) is 3.84. The van der Waals surface area contributed by atoms with E-state index < -0.39 is 0 Å². The van der Waals surface area contributed by atoms with Gasteiger partial charge in [-0.2, -0.15) is 0 Å². The molecular formula is C11H11ClO2. The first-order valence-electron chi connectivity index (χ1n) is 4.58. The Hall–Kier alpha value is -1.02. The number of hydrogen-bond donors (Lipinski definition) is 0. The molecule has 1 atom stereocenters. The summed E-state index contributed by atoms with van der Waals surface area (Å²) in [7, 11) is 1.58. The lowest BCUT2D eigenvalue weighted by molar-refractivity contribution is -0.109. The molecule has 0 spiro atoms. The molecular weight excluding hydrogens is 200 g/mol. The smallest absolute Gasteiger partial charge is 0.141 e. The van der Waals surface area contributed by atoms with Gasteiger partial charge >= 0.3 is 0 Å². The van der Waals surface area contributed by atoms with Crippen molar-refractivity contribution in [1.29, 1.82) is 0 Å². The van der Waals surface area contributed by atoms with Crippen molar-refractivity contribution in [1.82, 2.24) is 0 Å². The fraction of sp³-hybridized carbons (Fsp3) is 0.364. The fourth-order valence-electron chi connectivity index (χ4n) is 2.04. The van der Waals surface area contributed by atoms with E-state index in [4.69, 9.17) is 16.3 Å². The first-order chi connectivity index (χ1) is 6.77. The number of hydrogen-bond acceptors (Lipinski definition) is 2. The Morgan fingerprint density at radius 2 is 2.36 bits per heavy atom. The van der Waals surface area contributed by atoms with Crippen LogP contribution < -0.4 is 4.74 Å². The van der Waals surface area contributed by atoms with Gasteiger partial charge in [-0.3, -0.25) is 0 Å². The molecule has 1 unspecified atom stereocenters. The molecule has 0 saturated carbocycles. The summed E-state index contributed by atoms with van der Waals surface area (Å²) in [6.07, 6.45) is 2.78. The molecule has 0 heterocycles. The van der Waals surface area contributed by atoms with Crippen LogP contribution in [0.15, 0.2) is 12.1 Å². The quantitative estimate of drug-likeness (QED) is 0.702. The Kier molecular flexibility index (Phi) is 2.46. The molecule has 0 fully saturated rings. The maximum absolute atomic E-state index is 10.9. The molecule has 14 heavy (non-hydrogen) atoms. The molecule has 2 nitrogen and oxygen atoms in total. The summed E-state index contributed by atoms with van der Waals surface area (Å²) in [5.74, 6) is 0.623. The number of rotatable bonds is 2. The molecule has 3 heteroatoms. The Balaban J connectivity index is 2.59. The Labute approximate surface area is 87.8 Å². The Bertz CT molecular complexity index is 374. The second-order valence-electron chi connectivity index (χ2n) is 3.43. The molecule has 0 aromatic heterocycles. The van der Waals surface area contributed by atoms with E-state index in [-0.39, 0.29) is 5.92 Å². The molecule has 1 aromatic carbocycles. The summed E-state index contributed by atoms with van der Waals surface area (Å²) in [6.45, 7) is 0. The number of benzene rings is 1. The highest BCUT2D eigenvalue weighted by Crippen LogP contribution is 2.42. The maximum Gasteiger partial charge on any atom is 0.141 e. The van der Waals surface area contributed by atoms with Gasteiger partial charge in [-0.05, 0) is 24.5 Å². The molecule has 74 valence electrons. The zero-order valence-corrected chi connectivity index (χ0v) is 8.67. The van der Waals surface area contributed by atoms with Crippen LogP contribution in [-0.4, -0.2) is 13.4 Å². The minimum absolute atomic E-state index is 0.0429. The van der Waals surface area contributed by atoms with Crippen molar-refractivity contribution < 1.29 is 9.53 Å². The van der Waals surface area contributed by atoms with Crippen molar-refractivity contribution in [3.63, 3.8) is 0 Å². The average Bonchev–Trinajstić information content (AvgIpc) is 2.61. The van der Waals surface area contributed by atoms with E-state index in [0.29, 0.717) is 10.8 Å². The largest absolute Gasteiger partial charge is 0.495 e. The highest BCUT2D eigenvalue weighted by Gasteiger charge is 2.26. The van der Waals surface area contributed by atoms with Gasteiger partial charge in [0.25, 0.3) is 0 Å². The third kappa shape index (κ3) is 1.30. The molecule has 0 saturated heterocycles. The van der Waals surface area contributed by atoms with E-state index in [0.717, 1.165) is 24.7 Å². The SMILES string of the molecule is COc1c(Cl)ccc2c1C(C=O)CC2. The van der Waals surface area contributed by atoms with E-state index in [1.807, 2.05) is 12.1 Å². The van der Waals surface area contributed by atoms with Gasteiger partial charge in [-0.15, -0.1) is 0 Å². The molecule has 0 aliphatic heterocycles. The van der Waals surface area contributed by atoms with E-state index in [1.54, 1.807) is 7.11 Å². The molecule has 0 amide bonds. The Morgan fingerprint density at radius 3 is 3.00 bits per heavy atom. The van der Waals surface area contributed by atoms with Crippen LogP contribution in [0.4, 0.5) is 0 Å². The van der Waals surface area contributed by atoms with Gasteiger partial charge in [0, 0.05) is 11.5 Å². The highest BCUT2D eigenvalue weighted by molar-refractivity contribution is 6.32. The zero-order valence-electron chi connectivity index (χ0n) is 7.92. The Morgan fingerprint density at radius 1 is 1.57 bits per heavy atom. The van der Waals surface area contributed by atoms with Crippen LogP contribution in [0.1, 0.15) is 23.5 Å². The van der Waals surface area contributed by atoms with Crippen molar-refractivity contribution in [3.8, 4) is 5.75 Å². The summed E-state index contributed by atoms with van der Waals surface area (Å²) in [4.78, 5) is 10.9. The maximum atomic E-state index is 10.9. The minimum Gasteiger partial charge on any atom is -0.495 e. The number of aryl methyl sites for hydroxylation is 1. The number of fused-ring (bicyclic) bond motifs is 1. The minimum atomic E-state index is -0.0429. The lowest BCUT2D eigenvalue weighted by Crippen LogP contribution is -1.98. The lowest BCUT2D eigenvalue weighted by atomic mass is 10.0. The summed E-state index contributed by atoms with van der Waals surface area (Å²) in [5, 5.41) is 0.583. The van der Waals surface area contributed by atoms with Crippen molar-refractivity contribution >= 4 is 17.9 Å². The number of aldehydes is 1. The van der Waals surface area contributed by atoms with Crippen LogP contribution in [-0.2, 0) is 11.2 Å². The van der Waals surface area contributed by atoms with Crippen LogP contribution in [0.3, 0.4) is 0 Å². The van der Waals surface area contributed by atoms with Gasteiger partial charge in [0.2, 0.25) is 0 Å². The lowest BCUT2D eigenvalue weighted by Gasteiger charge is -2.11. The molecule has 1 aromatic rings. The second kappa shape index (κ2) is 3.62. The topological polar surface area (TPSA) is 26.3 Å². The highest BCUT2D eigenvalue weighted by atomic mass is 35.5. The number of ether oxygens (including phenoxy) is 1. The third-order valence-corrected chi connectivity index (χ3v) is 3.00. The van der Waals surface area contributed by atoms with Crippen LogP contribution >= 0.6 is 11.6 Å². The predicted molar refractivity (Wildman–Crippen MR) is 55.1 cm³/mol. The van der Waals surface area contributed by atoms with Gasteiger partial charge in [0.1, 0.15) is 12.0 Å². The van der Waals surface area contributed by atoms with Gasteiger partial charge < -0.3 is 9.53 Å². The molecule has 0 bridgehead atoms. The molecule has 1 aliphatic rings. The van der Waals surface area contributed by atoms with Crippen LogP contribution in [0.5, 0.6) is 5.75 Å². The van der Waals surface area contributed by atoms with Crippen LogP contribution in [0.25, 0.3) is 0 Å². The summed E-state index contributed by atoms with van der Waals surface area (Å²) >= 11 is 5.99. The first-order valence-corrected chi connectivity index (χ1v) is 4.96. The standard InChI is InChI=1S/C11H11ClO2/c1-14-11-9(12)5-4-7-2-3-8(6-13)10(7)11/h4-6,8H,2-3H2,1H3. The van der Waals surface area contributed by atoms with Crippen LogP contribution in [0.2, 0.25) is 5.02 Å². The third-order valence-electron chi connectivity index (χ3n) is 2.70. The van der Waals surface area contributed by atoms with Crippen molar-refractivity contribution in [3.05, 3.63) is 28.3 Å². The number of carbonyl (C=O) groups excluding carboxylic acids is 1. The first kappa shape index (κ1) is 9.53. The van der Waals surface area contributed by atoms with E-state index in [1.165, 1.54) is 5.56 Å². The van der Waals surface area contributed by atoms with E-state index in [2.05, 4.69) is 0 Å². The zero-order chi connectivity index (χ0) is 10.1. The normalized spacial score (nSPS) is 19.1. The van der Waals surface area contributed by atoms with Crippen molar-refractivity contribution in [2.24, 2.45) is 0 Å². The van der Waals surface area contributed by atoms with Crippen LogP contribution in [0, 0.1) is 0 Å². The number of halogens is 1. The molecule has 0 radical (unpaired) electrons.